The minimum atomic E-state index is -0.710. The first-order valence-electron chi connectivity index (χ1n) is 10.3. The van der Waals surface area contributed by atoms with E-state index in [4.69, 9.17) is 4.74 Å². The summed E-state index contributed by atoms with van der Waals surface area (Å²) >= 11 is 2.29. The van der Waals surface area contributed by atoms with Gasteiger partial charge < -0.3 is 20.1 Å². The number of aliphatic hydroxyl groups is 1. The number of hydrogen-bond acceptors (Lipinski definition) is 4. The van der Waals surface area contributed by atoms with Crippen LogP contribution in [0.4, 0.5) is 5.69 Å². The molecule has 0 saturated carbocycles. The molecular formula is C23H27IN2O3. The summed E-state index contributed by atoms with van der Waals surface area (Å²) in [6.45, 7) is 3.34. The molecule has 29 heavy (non-hydrogen) atoms. The number of amides is 1. The van der Waals surface area contributed by atoms with Crippen LogP contribution in [0.25, 0.3) is 0 Å². The number of piperidine rings is 1. The number of ether oxygens (including phenoxy) is 1. The fourth-order valence-corrected chi connectivity index (χ4v) is 4.52. The van der Waals surface area contributed by atoms with Crippen molar-refractivity contribution in [3.05, 3.63) is 57.2 Å². The molecule has 2 aromatic carbocycles. The third-order valence-corrected chi connectivity index (χ3v) is 6.66. The molecule has 2 aliphatic rings. The lowest BCUT2D eigenvalue weighted by atomic mass is 9.84. The Bertz CT molecular complexity index is 861. The molecule has 0 atom stereocenters. The van der Waals surface area contributed by atoms with E-state index in [-0.39, 0.29) is 5.91 Å². The number of carbonyl (C=O) groups excluding carboxylic acids is 1. The maximum absolute atomic E-state index is 11.7. The number of fused-ring (bicyclic) bond motifs is 1. The summed E-state index contributed by atoms with van der Waals surface area (Å²) in [4.78, 5) is 14.1. The predicted octanol–water partition coefficient (Wildman–Crippen LogP) is 3.93. The van der Waals surface area contributed by atoms with Gasteiger partial charge in [-0.05, 0) is 77.6 Å². The monoisotopic (exact) mass is 506 g/mol. The number of anilines is 1. The van der Waals surface area contributed by atoms with Crippen LogP contribution in [0.2, 0.25) is 0 Å². The quantitative estimate of drug-likeness (QED) is 0.461. The number of benzene rings is 2. The van der Waals surface area contributed by atoms with Gasteiger partial charge in [0.2, 0.25) is 5.91 Å². The van der Waals surface area contributed by atoms with E-state index in [1.807, 2.05) is 30.3 Å². The first-order valence-corrected chi connectivity index (χ1v) is 11.4. The smallest absolute Gasteiger partial charge is 0.224 e. The standard InChI is InChI=1S/C23H27IN2O3/c24-19-8-6-18(7-9-19)23(28)11-14-26(15-12-23)13-2-16-29-20-4-1-3-17-5-10-21(27)25-22(17)20/h1,3-4,6-9,28H,2,5,10-16H2,(H,25,27). The minimum Gasteiger partial charge on any atom is -0.491 e. The molecule has 0 radical (unpaired) electrons. The van der Waals surface area contributed by atoms with Crippen molar-refractivity contribution < 1.29 is 14.6 Å². The first-order chi connectivity index (χ1) is 14.0. The highest BCUT2D eigenvalue weighted by Crippen LogP contribution is 2.34. The molecule has 154 valence electrons. The highest BCUT2D eigenvalue weighted by Gasteiger charge is 2.33. The molecule has 1 fully saturated rings. The Morgan fingerprint density at radius 3 is 2.62 bits per heavy atom. The Hall–Kier alpha value is -1.64. The predicted molar refractivity (Wildman–Crippen MR) is 122 cm³/mol. The molecule has 0 unspecified atom stereocenters. The average molecular weight is 506 g/mol. The Labute approximate surface area is 185 Å². The molecule has 4 rings (SSSR count). The van der Waals surface area contributed by atoms with E-state index < -0.39 is 5.60 Å². The van der Waals surface area contributed by atoms with E-state index in [0.29, 0.717) is 13.0 Å². The van der Waals surface area contributed by atoms with Crippen molar-refractivity contribution in [2.24, 2.45) is 0 Å². The van der Waals surface area contributed by atoms with Gasteiger partial charge in [0.15, 0.2) is 0 Å². The average Bonchev–Trinajstić information content (AvgIpc) is 2.73. The maximum Gasteiger partial charge on any atom is 0.224 e. The molecule has 2 aliphatic heterocycles. The largest absolute Gasteiger partial charge is 0.491 e. The molecule has 1 saturated heterocycles. The molecule has 2 N–H and O–H groups in total. The number of aryl methyl sites for hydroxylation is 1. The van der Waals surface area contributed by atoms with Crippen molar-refractivity contribution in [3.8, 4) is 5.75 Å². The topological polar surface area (TPSA) is 61.8 Å². The fraction of sp³-hybridized carbons (Fsp3) is 0.435. The number of halogens is 1. The summed E-state index contributed by atoms with van der Waals surface area (Å²) in [5.41, 5.74) is 2.30. The van der Waals surface area contributed by atoms with Crippen LogP contribution in [0.15, 0.2) is 42.5 Å². The van der Waals surface area contributed by atoms with Gasteiger partial charge in [0.1, 0.15) is 5.75 Å². The van der Waals surface area contributed by atoms with Crippen LogP contribution in [0.1, 0.15) is 36.8 Å². The SMILES string of the molecule is O=C1CCc2cccc(OCCCN3CCC(O)(c4ccc(I)cc4)CC3)c2N1. The molecule has 6 heteroatoms. The zero-order valence-electron chi connectivity index (χ0n) is 16.5. The molecule has 2 heterocycles. The Morgan fingerprint density at radius 2 is 1.86 bits per heavy atom. The van der Waals surface area contributed by atoms with Gasteiger partial charge in [-0.1, -0.05) is 24.3 Å². The van der Waals surface area contributed by atoms with Crippen molar-refractivity contribution in [1.82, 2.24) is 4.90 Å². The van der Waals surface area contributed by atoms with Crippen molar-refractivity contribution >= 4 is 34.2 Å². The summed E-state index contributed by atoms with van der Waals surface area (Å²) in [6, 6.07) is 14.2. The first kappa shape index (κ1) is 20.6. The number of likely N-dealkylation sites (tertiary alicyclic amines) is 1. The molecular weight excluding hydrogens is 479 g/mol. The molecule has 1 amide bonds. The van der Waals surface area contributed by atoms with Crippen molar-refractivity contribution in [3.63, 3.8) is 0 Å². The van der Waals surface area contributed by atoms with Gasteiger partial charge in [0.05, 0.1) is 17.9 Å². The van der Waals surface area contributed by atoms with E-state index in [1.54, 1.807) is 0 Å². The van der Waals surface area contributed by atoms with Gasteiger partial charge in [-0.25, -0.2) is 0 Å². The minimum absolute atomic E-state index is 0.0579. The lowest BCUT2D eigenvalue weighted by Gasteiger charge is -2.38. The van der Waals surface area contributed by atoms with Crippen molar-refractivity contribution in [2.75, 3.05) is 31.6 Å². The van der Waals surface area contributed by atoms with Crippen LogP contribution in [-0.2, 0) is 16.8 Å². The van der Waals surface area contributed by atoms with Crippen LogP contribution in [-0.4, -0.2) is 42.2 Å². The second-order valence-corrected chi connectivity index (χ2v) is 9.17. The molecule has 0 aliphatic carbocycles. The van der Waals surface area contributed by atoms with Crippen LogP contribution in [0, 0.1) is 3.57 Å². The summed E-state index contributed by atoms with van der Waals surface area (Å²) in [5.74, 6) is 0.824. The lowest BCUT2D eigenvalue weighted by molar-refractivity contribution is -0.116. The van der Waals surface area contributed by atoms with Crippen molar-refractivity contribution in [1.29, 1.82) is 0 Å². The maximum atomic E-state index is 11.7. The van der Waals surface area contributed by atoms with Gasteiger partial charge in [0.25, 0.3) is 0 Å². The van der Waals surface area contributed by atoms with E-state index in [9.17, 15) is 9.90 Å². The second kappa shape index (κ2) is 9.02. The van der Waals surface area contributed by atoms with Crippen LogP contribution in [0.5, 0.6) is 5.75 Å². The zero-order valence-corrected chi connectivity index (χ0v) is 18.7. The summed E-state index contributed by atoms with van der Waals surface area (Å²) in [6.07, 6.45) is 3.74. The van der Waals surface area contributed by atoms with E-state index >= 15 is 0 Å². The van der Waals surface area contributed by atoms with Gasteiger partial charge in [-0.15, -0.1) is 0 Å². The Kier molecular flexibility index (Phi) is 6.41. The van der Waals surface area contributed by atoms with E-state index in [0.717, 1.165) is 67.9 Å². The number of para-hydroxylation sites is 1. The van der Waals surface area contributed by atoms with E-state index in [1.165, 1.54) is 3.57 Å². The summed E-state index contributed by atoms with van der Waals surface area (Å²) < 4.78 is 7.16. The second-order valence-electron chi connectivity index (χ2n) is 7.92. The number of carbonyl (C=O) groups is 1. The summed E-state index contributed by atoms with van der Waals surface area (Å²) in [7, 11) is 0. The van der Waals surface area contributed by atoms with Gasteiger partial charge in [-0.2, -0.15) is 0 Å². The molecule has 2 aromatic rings. The van der Waals surface area contributed by atoms with Crippen LogP contribution < -0.4 is 10.1 Å². The lowest BCUT2D eigenvalue weighted by Crippen LogP contribution is -2.43. The molecule has 0 aromatic heterocycles. The normalized spacial score (nSPS) is 18.8. The zero-order chi connectivity index (χ0) is 20.3. The van der Waals surface area contributed by atoms with Crippen LogP contribution in [0.3, 0.4) is 0 Å². The fourth-order valence-electron chi connectivity index (χ4n) is 4.16. The van der Waals surface area contributed by atoms with E-state index in [2.05, 4.69) is 44.9 Å². The Morgan fingerprint density at radius 1 is 1.10 bits per heavy atom. The summed E-state index contributed by atoms with van der Waals surface area (Å²) in [5, 5.41) is 14.0. The molecule has 0 bridgehead atoms. The molecule has 0 spiro atoms. The van der Waals surface area contributed by atoms with Crippen LogP contribution >= 0.6 is 22.6 Å². The molecule has 5 nitrogen and oxygen atoms in total. The van der Waals surface area contributed by atoms with Crippen molar-refractivity contribution in [2.45, 2.75) is 37.7 Å². The Balaban J connectivity index is 1.24. The van der Waals surface area contributed by atoms with Gasteiger partial charge in [0, 0.05) is 29.6 Å². The van der Waals surface area contributed by atoms with Gasteiger partial charge in [-0.3, -0.25) is 4.79 Å². The number of rotatable bonds is 6. The number of nitrogens with zero attached hydrogens (tertiary/aromatic N) is 1. The highest BCUT2D eigenvalue weighted by molar-refractivity contribution is 14.1. The number of hydrogen-bond donors (Lipinski definition) is 2. The third-order valence-electron chi connectivity index (χ3n) is 5.94. The third kappa shape index (κ3) is 4.92. The van der Waals surface area contributed by atoms with Gasteiger partial charge >= 0.3 is 0 Å². The number of nitrogens with one attached hydrogen (secondary N) is 1. The highest BCUT2D eigenvalue weighted by atomic mass is 127.